The SMILES string of the molecule is COC(C)Cn1c(-c2ccccc2)cnc1SCC(=O)O. The molecule has 0 aliphatic carbocycles. The van der Waals surface area contributed by atoms with Crippen LogP contribution in [0.15, 0.2) is 41.7 Å². The summed E-state index contributed by atoms with van der Waals surface area (Å²) in [6.07, 6.45) is 1.80. The van der Waals surface area contributed by atoms with Crippen LogP contribution in [-0.2, 0) is 16.1 Å². The maximum atomic E-state index is 10.8. The number of carboxylic acid groups (broad SMARTS) is 1. The Balaban J connectivity index is 2.33. The second kappa shape index (κ2) is 7.28. The average Bonchev–Trinajstić information content (AvgIpc) is 2.88. The van der Waals surface area contributed by atoms with Crippen molar-refractivity contribution in [3.8, 4) is 11.3 Å². The standard InChI is InChI=1S/C15H18N2O3S/c1-11(20-2)9-17-13(12-6-4-3-5-7-12)8-16-15(17)21-10-14(18)19/h3-8,11H,9-10H2,1-2H3,(H,18,19). The predicted octanol–water partition coefficient (Wildman–Crippen LogP) is 2.76. The summed E-state index contributed by atoms with van der Waals surface area (Å²) < 4.78 is 7.33. The molecule has 0 fully saturated rings. The number of rotatable bonds is 7. The number of ether oxygens (including phenoxy) is 1. The van der Waals surface area contributed by atoms with E-state index in [4.69, 9.17) is 9.84 Å². The van der Waals surface area contributed by atoms with Gasteiger partial charge in [0.15, 0.2) is 5.16 Å². The number of methoxy groups -OCH3 is 1. The van der Waals surface area contributed by atoms with Crippen molar-refractivity contribution in [2.45, 2.75) is 24.7 Å². The minimum atomic E-state index is -0.851. The molecule has 21 heavy (non-hydrogen) atoms. The summed E-state index contributed by atoms with van der Waals surface area (Å²) in [4.78, 5) is 15.1. The van der Waals surface area contributed by atoms with Crippen molar-refractivity contribution in [3.63, 3.8) is 0 Å². The van der Waals surface area contributed by atoms with E-state index in [0.29, 0.717) is 11.7 Å². The van der Waals surface area contributed by atoms with Crippen LogP contribution in [0.3, 0.4) is 0 Å². The van der Waals surface area contributed by atoms with Gasteiger partial charge in [-0.1, -0.05) is 42.1 Å². The second-order valence-electron chi connectivity index (χ2n) is 4.63. The highest BCUT2D eigenvalue weighted by atomic mass is 32.2. The molecule has 2 aromatic rings. The van der Waals surface area contributed by atoms with Crippen molar-refractivity contribution in [2.75, 3.05) is 12.9 Å². The zero-order valence-corrected chi connectivity index (χ0v) is 12.8. The molecule has 0 saturated carbocycles. The molecule has 6 heteroatoms. The predicted molar refractivity (Wildman–Crippen MR) is 82.5 cm³/mol. The first-order valence-corrected chi connectivity index (χ1v) is 7.58. The normalized spacial score (nSPS) is 12.3. The lowest BCUT2D eigenvalue weighted by atomic mass is 10.1. The fraction of sp³-hybridized carbons (Fsp3) is 0.333. The van der Waals surface area contributed by atoms with Gasteiger partial charge < -0.3 is 14.4 Å². The Kier molecular flexibility index (Phi) is 5.41. The van der Waals surface area contributed by atoms with Crippen LogP contribution in [0.4, 0.5) is 0 Å². The minimum absolute atomic E-state index is 0.00734. The van der Waals surface area contributed by atoms with Crippen molar-refractivity contribution < 1.29 is 14.6 Å². The van der Waals surface area contributed by atoms with E-state index in [1.807, 2.05) is 41.8 Å². The van der Waals surface area contributed by atoms with Gasteiger partial charge in [0.2, 0.25) is 0 Å². The van der Waals surface area contributed by atoms with Crippen LogP contribution in [0.25, 0.3) is 11.3 Å². The first-order valence-electron chi connectivity index (χ1n) is 6.60. The molecule has 0 saturated heterocycles. The average molecular weight is 306 g/mol. The fourth-order valence-corrected chi connectivity index (χ4v) is 2.66. The van der Waals surface area contributed by atoms with Crippen LogP contribution in [0.1, 0.15) is 6.92 Å². The summed E-state index contributed by atoms with van der Waals surface area (Å²) in [5, 5.41) is 9.53. The third kappa shape index (κ3) is 4.09. The summed E-state index contributed by atoms with van der Waals surface area (Å²) in [7, 11) is 1.66. The van der Waals surface area contributed by atoms with E-state index in [-0.39, 0.29) is 11.9 Å². The zero-order chi connectivity index (χ0) is 15.2. The fourth-order valence-electron chi connectivity index (χ4n) is 1.95. The number of thioether (sulfide) groups is 1. The van der Waals surface area contributed by atoms with Gasteiger partial charge in [0.05, 0.1) is 30.3 Å². The zero-order valence-electron chi connectivity index (χ0n) is 12.0. The second-order valence-corrected chi connectivity index (χ2v) is 5.57. The van der Waals surface area contributed by atoms with E-state index in [2.05, 4.69) is 4.98 Å². The minimum Gasteiger partial charge on any atom is -0.481 e. The van der Waals surface area contributed by atoms with E-state index in [1.54, 1.807) is 13.3 Å². The Morgan fingerprint density at radius 3 is 2.76 bits per heavy atom. The van der Waals surface area contributed by atoms with Crippen molar-refractivity contribution in [1.29, 1.82) is 0 Å². The van der Waals surface area contributed by atoms with Crippen LogP contribution in [0, 0.1) is 0 Å². The number of imidazole rings is 1. The lowest BCUT2D eigenvalue weighted by Gasteiger charge is -2.15. The van der Waals surface area contributed by atoms with Gasteiger partial charge in [0.1, 0.15) is 0 Å². The van der Waals surface area contributed by atoms with Crippen molar-refractivity contribution in [3.05, 3.63) is 36.5 Å². The maximum Gasteiger partial charge on any atom is 0.313 e. The molecule has 2 rings (SSSR count). The Labute approximate surface area is 128 Å². The summed E-state index contributed by atoms with van der Waals surface area (Å²) in [6, 6.07) is 9.92. The van der Waals surface area contributed by atoms with Crippen LogP contribution >= 0.6 is 11.8 Å². The van der Waals surface area contributed by atoms with Gasteiger partial charge in [-0.15, -0.1) is 0 Å². The van der Waals surface area contributed by atoms with E-state index in [9.17, 15) is 4.79 Å². The Morgan fingerprint density at radius 1 is 1.43 bits per heavy atom. The molecule has 0 bridgehead atoms. The molecule has 112 valence electrons. The van der Waals surface area contributed by atoms with Gasteiger partial charge in [-0.3, -0.25) is 4.79 Å². The van der Waals surface area contributed by atoms with Gasteiger partial charge in [-0.2, -0.15) is 0 Å². The number of aliphatic carboxylic acids is 1. The number of benzene rings is 1. The molecule has 1 N–H and O–H groups in total. The van der Waals surface area contributed by atoms with Gasteiger partial charge in [0, 0.05) is 7.11 Å². The van der Waals surface area contributed by atoms with Crippen LogP contribution in [0.2, 0.25) is 0 Å². The molecule has 1 aromatic carbocycles. The number of carbonyl (C=O) groups is 1. The quantitative estimate of drug-likeness (QED) is 0.797. The molecular formula is C15H18N2O3S. The first kappa shape index (κ1) is 15.6. The van der Waals surface area contributed by atoms with E-state index in [0.717, 1.165) is 11.3 Å². The number of aromatic nitrogens is 2. The monoisotopic (exact) mass is 306 g/mol. The highest BCUT2D eigenvalue weighted by molar-refractivity contribution is 7.99. The summed E-state index contributed by atoms with van der Waals surface area (Å²) in [5.41, 5.74) is 2.02. The third-order valence-corrected chi connectivity index (χ3v) is 4.03. The van der Waals surface area contributed by atoms with Crippen LogP contribution < -0.4 is 0 Å². The molecule has 1 unspecified atom stereocenters. The van der Waals surface area contributed by atoms with Crippen molar-refractivity contribution in [1.82, 2.24) is 9.55 Å². The third-order valence-electron chi connectivity index (χ3n) is 3.06. The summed E-state index contributed by atoms with van der Waals surface area (Å²) in [6.45, 7) is 2.60. The topological polar surface area (TPSA) is 64.4 Å². The van der Waals surface area contributed by atoms with Gasteiger partial charge in [-0.25, -0.2) is 4.98 Å². The Hall–Kier alpha value is -1.79. The van der Waals surface area contributed by atoms with Crippen molar-refractivity contribution >= 4 is 17.7 Å². The molecule has 0 spiro atoms. The number of hydrogen-bond donors (Lipinski definition) is 1. The molecule has 1 heterocycles. The number of carboxylic acids is 1. The smallest absolute Gasteiger partial charge is 0.313 e. The molecule has 0 radical (unpaired) electrons. The van der Waals surface area contributed by atoms with Gasteiger partial charge in [0.25, 0.3) is 0 Å². The van der Waals surface area contributed by atoms with Crippen LogP contribution in [0.5, 0.6) is 0 Å². The van der Waals surface area contributed by atoms with Gasteiger partial charge in [-0.05, 0) is 12.5 Å². The number of nitrogens with zero attached hydrogens (tertiary/aromatic N) is 2. The van der Waals surface area contributed by atoms with Gasteiger partial charge >= 0.3 is 5.97 Å². The molecule has 1 aromatic heterocycles. The van der Waals surface area contributed by atoms with E-state index >= 15 is 0 Å². The lowest BCUT2D eigenvalue weighted by Crippen LogP contribution is -2.16. The molecule has 5 nitrogen and oxygen atoms in total. The van der Waals surface area contributed by atoms with Crippen molar-refractivity contribution in [2.24, 2.45) is 0 Å². The Bertz CT molecular complexity index is 598. The van der Waals surface area contributed by atoms with E-state index in [1.165, 1.54) is 11.8 Å². The molecule has 0 aliphatic heterocycles. The largest absolute Gasteiger partial charge is 0.481 e. The Morgan fingerprint density at radius 2 is 2.14 bits per heavy atom. The molecule has 1 atom stereocenters. The summed E-state index contributed by atoms with van der Waals surface area (Å²) in [5.74, 6) is -0.859. The number of hydrogen-bond acceptors (Lipinski definition) is 4. The molecular weight excluding hydrogens is 288 g/mol. The van der Waals surface area contributed by atoms with Crippen LogP contribution in [-0.4, -0.2) is 39.6 Å². The first-order chi connectivity index (χ1) is 10.1. The lowest BCUT2D eigenvalue weighted by molar-refractivity contribution is -0.133. The highest BCUT2D eigenvalue weighted by Gasteiger charge is 2.15. The maximum absolute atomic E-state index is 10.8. The molecule has 0 aliphatic rings. The summed E-state index contributed by atoms with van der Waals surface area (Å²) >= 11 is 1.22. The highest BCUT2D eigenvalue weighted by Crippen LogP contribution is 2.26. The van der Waals surface area contributed by atoms with E-state index < -0.39 is 5.97 Å². The molecule has 0 amide bonds.